The Morgan fingerprint density at radius 2 is 2.00 bits per heavy atom. The van der Waals surface area contributed by atoms with E-state index in [1.807, 2.05) is 36.5 Å². The van der Waals surface area contributed by atoms with E-state index in [0.717, 1.165) is 46.9 Å². The molecule has 1 aliphatic rings. The number of halogens is 2. The number of rotatable bonds is 3. The second kappa shape index (κ2) is 6.67. The van der Waals surface area contributed by atoms with Gasteiger partial charge in [-0.3, -0.25) is 0 Å². The topological polar surface area (TPSA) is 28.2 Å². The van der Waals surface area contributed by atoms with Gasteiger partial charge in [0.25, 0.3) is 0 Å². The molecule has 0 saturated carbocycles. The van der Waals surface area contributed by atoms with E-state index in [1.165, 1.54) is 0 Å². The van der Waals surface area contributed by atoms with E-state index in [-0.39, 0.29) is 0 Å². The van der Waals surface area contributed by atoms with E-state index in [1.54, 1.807) is 0 Å². The molecule has 0 amide bonds. The summed E-state index contributed by atoms with van der Waals surface area (Å²) in [6.07, 6.45) is 4.02. The minimum atomic E-state index is 0.462. The first-order valence-corrected chi connectivity index (χ1v) is 8.27. The van der Waals surface area contributed by atoms with Crippen molar-refractivity contribution in [1.29, 1.82) is 0 Å². The van der Waals surface area contributed by atoms with Crippen LogP contribution in [0.5, 0.6) is 0 Å². The maximum absolute atomic E-state index is 6.26. The van der Waals surface area contributed by atoms with Crippen molar-refractivity contribution in [3.8, 4) is 0 Å². The van der Waals surface area contributed by atoms with Gasteiger partial charge in [-0.2, -0.15) is 0 Å². The summed E-state index contributed by atoms with van der Waals surface area (Å²) in [6, 6.07) is 12.5. The predicted molar refractivity (Wildman–Crippen MR) is 92.2 cm³/mol. The summed E-state index contributed by atoms with van der Waals surface area (Å²) in [6.45, 7) is 2.03. The summed E-state index contributed by atoms with van der Waals surface area (Å²) in [7, 11) is 0. The highest BCUT2D eigenvalue weighted by Gasteiger charge is 2.20. The van der Waals surface area contributed by atoms with Crippen LogP contribution in [0.3, 0.4) is 0 Å². The molecule has 3 nitrogen and oxygen atoms in total. The third-order valence-corrected chi connectivity index (χ3v) is 4.56. The molecule has 3 rings (SSSR count). The lowest BCUT2D eigenvalue weighted by atomic mass is 10.0. The van der Waals surface area contributed by atoms with Crippen LogP contribution in [0.15, 0.2) is 47.1 Å². The third-order valence-electron chi connectivity index (χ3n) is 3.76. The zero-order valence-corrected chi connectivity index (χ0v) is 13.9. The van der Waals surface area contributed by atoms with E-state index < -0.39 is 0 Å². The normalized spacial score (nSPS) is 16.0. The molecule has 5 heteroatoms. The van der Waals surface area contributed by atoms with Crippen LogP contribution in [-0.2, 0) is 0 Å². The van der Waals surface area contributed by atoms with E-state index in [0.29, 0.717) is 6.04 Å². The quantitative estimate of drug-likeness (QED) is 0.862. The van der Waals surface area contributed by atoms with Crippen LogP contribution in [-0.4, -0.2) is 24.1 Å². The first-order chi connectivity index (χ1) is 10.2. The summed E-state index contributed by atoms with van der Waals surface area (Å²) in [5, 5.41) is 4.31. The van der Waals surface area contributed by atoms with Crippen molar-refractivity contribution in [1.82, 2.24) is 4.98 Å². The Bertz CT molecular complexity index is 598. The first kappa shape index (κ1) is 14.7. The van der Waals surface area contributed by atoms with Gasteiger partial charge in [0.05, 0.1) is 10.7 Å². The Morgan fingerprint density at radius 1 is 1.19 bits per heavy atom. The summed E-state index contributed by atoms with van der Waals surface area (Å²) < 4.78 is 1.00. The molecular formula is C16H17BrClN3. The Labute approximate surface area is 138 Å². The van der Waals surface area contributed by atoms with Crippen molar-refractivity contribution < 1.29 is 0 Å². The fraction of sp³-hybridized carbons (Fsp3) is 0.312. The van der Waals surface area contributed by atoms with Gasteiger partial charge in [0.2, 0.25) is 0 Å². The molecule has 0 bridgehead atoms. The number of piperidine rings is 1. The molecule has 2 aromatic rings. The zero-order valence-electron chi connectivity index (χ0n) is 11.6. The van der Waals surface area contributed by atoms with Crippen LogP contribution in [0.4, 0.5) is 11.5 Å². The summed E-state index contributed by atoms with van der Waals surface area (Å²) in [5.41, 5.74) is 1.01. The van der Waals surface area contributed by atoms with Gasteiger partial charge in [-0.15, -0.1) is 0 Å². The average molecular weight is 367 g/mol. The van der Waals surface area contributed by atoms with Crippen molar-refractivity contribution in [3.05, 3.63) is 52.1 Å². The smallest absolute Gasteiger partial charge is 0.128 e. The number of pyridine rings is 1. The standard InChI is InChI=1S/C16H17BrClN3/c17-12-4-5-15(14(18)11-12)20-13-6-9-21(10-7-13)16-3-1-2-8-19-16/h1-5,8,11,13,20H,6-7,9-10H2. The maximum atomic E-state index is 6.26. The highest BCUT2D eigenvalue weighted by Crippen LogP contribution is 2.28. The predicted octanol–water partition coefficient (Wildman–Crippen LogP) is 4.58. The lowest BCUT2D eigenvalue weighted by molar-refractivity contribution is 0.523. The van der Waals surface area contributed by atoms with Crippen molar-refractivity contribution in [2.24, 2.45) is 0 Å². The van der Waals surface area contributed by atoms with Crippen molar-refractivity contribution in [3.63, 3.8) is 0 Å². The minimum Gasteiger partial charge on any atom is -0.381 e. The van der Waals surface area contributed by atoms with Gasteiger partial charge in [-0.25, -0.2) is 4.98 Å². The van der Waals surface area contributed by atoms with Crippen molar-refractivity contribution >= 4 is 39.0 Å². The minimum absolute atomic E-state index is 0.462. The highest BCUT2D eigenvalue weighted by atomic mass is 79.9. The number of hydrogen-bond acceptors (Lipinski definition) is 3. The van der Waals surface area contributed by atoms with Crippen LogP contribution in [0.25, 0.3) is 0 Å². The van der Waals surface area contributed by atoms with Gasteiger partial charge in [-0.05, 0) is 43.2 Å². The number of anilines is 2. The lowest BCUT2D eigenvalue weighted by Crippen LogP contribution is -2.39. The van der Waals surface area contributed by atoms with Crippen molar-refractivity contribution in [2.75, 3.05) is 23.3 Å². The fourth-order valence-electron chi connectivity index (χ4n) is 2.62. The second-order valence-corrected chi connectivity index (χ2v) is 6.54. The highest BCUT2D eigenvalue weighted by molar-refractivity contribution is 9.10. The molecule has 110 valence electrons. The number of nitrogens with zero attached hydrogens (tertiary/aromatic N) is 2. The van der Waals surface area contributed by atoms with Crippen LogP contribution in [0, 0.1) is 0 Å². The molecule has 1 aliphatic heterocycles. The van der Waals surface area contributed by atoms with Gasteiger partial charge >= 0.3 is 0 Å². The fourth-order valence-corrected chi connectivity index (χ4v) is 3.35. The summed E-state index contributed by atoms with van der Waals surface area (Å²) in [4.78, 5) is 6.75. The lowest BCUT2D eigenvalue weighted by Gasteiger charge is -2.33. The van der Waals surface area contributed by atoms with Gasteiger partial charge in [0.1, 0.15) is 5.82 Å². The third kappa shape index (κ3) is 3.69. The molecule has 0 aliphatic carbocycles. The molecule has 1 aromatic carbocycles. The Morgan fingerprint density at radius 3 is 2.67 bits per heavy atom. The van der Waals surface area contributed by atoms with Gasteiger partial charge in [0.15, 0.2) is 0 Å². The average Bonchev–Trinajstić information content (AvgIpc) is 2.52. The summed E-state index contributed by atoms with van der Waals surface area (Å²) in [5.74, 6) is 1.07. The van der Waals surface area contributed by atoms with Crippen LogP contribution in [0.2, 0.25) is 5.02 Å². The Hall–Kier alpha value is -1.26. The van der Waals surface area contributed by atoms with Crippen LogP contribution in [0.1, 0.15) is 12.8 Å². The molecule has 1 aromatic heterocycles. The number of aromatic nitrogens is 1. The Balaban J connectivity index is 1.59. The molecule has 0 radical (unpaired) electrons. The maximum Gasteiger partial charge on any atom is 0.128 e. The molecule has 1 saturated heterocycles. The number of benzene rings is 1. The van der Waals surface area contributed by atoms with Gasteiger partial charge in [0, 0.05) is 29.8 Å². The Kier molecular flexibility index (Phi) is 4.66. The molecule has 2 heterocycles. The largest absolute Gasteiger partial charge is 0.381 e. The SMILES string of the molecule is Clc1cc(Br)ccc1NC1CCN(c2ccccn2)CC1. The first-order valence-electron chi connectivity index (χ1n) is 7.10. The molecule has 21 heavy (non-hydrogen) atoms. The zero-order chi connectivity index (χ0) is 14.7. The molecular weight excluding hydrogens is 350 g/mol. The van der Waals surface area contributed by atoms with Crippen LogP contribution < -0.4 is 10.2 Å². The molecule has 1 N–H and O–H groups in total. The summed E-state index contributed by atoms with van der Waals surface area (Å²) >= 11 is 9.69. The molecule has 0 unspecified atom stereocenters. The van der Waals surface area contributed by atoms with Gasteiger partial charge < -0.3 is 10.2 Å². The second-order valence-electron chi connectivity index (χ2n) is 5.22. The monoisotopic (exact) mass is 365 g/mol. The number of hydrogen-bond donors (Lipinski definition) is 1. The number of nitrogens with one attached hydrogen (secondary N) is 1. The molecule has 1 fully saturated rings. The van der Waals surface area contributed by atoms with Crippen LogP contribution >= 0.6 is 27.5 Å². The van der Waals surface area contributed by atoms with E-state index in [4.69, 9.17) is 11.6 Å². The van der Waals surface area contributed by atoms with Crippen molar-refractivity contribution in [2.45, 2.75) is 18.9 Å². The van der Waals surface area contributed by atoms with E-state index in [2.05, 4.69) is 37.2 Å². The van der Waals surface area contributed by atoms with E-state index >= 15 is 0 Å². The molecule has 0 spiro atoms. The van der Waals surface area contributed by atoms with Gasteiger partial charge in [-0.1, -0.05) is 33.6 Å². The molecule has 0 atom stereocenters. The van der Waals surface area contributed by atoms with E-state index in [9.17, 15) is 0 Å².